The molecule has 1 aliphatic heterocycles. The number of hydrogen-bond acceptors (Lipinski definition) is 3. The van der Waals surface area contributed by atoms with E-state index >= 15 is 0 Å². The van der Waals surface area contributed by atoms with Crippen LogP contribution in [-0.4, -0.2) is 47.5 Å². The minimum Gasteiger partial charge on any atom is -0.435 e. The summed E-state index contributed by atoms with van der Waals surface area (Å²) in [4.78, 5) is 17.1. The van der Waals surface area contributed by atoms with E-state index in [9.17, 15) is 13.6 Å². The van der Waals surface area contributed by atoms with Gasteiger partial charge in [-0.15, -0.1) is 0 Å². The average Bonchev–Trinajstić information content (AvgIpc) is 3.12. The van der Waals surface area contributed by atoms with Crippen molar-refractivity contribution in [2.24, 2.45) is 5.92 Å². The van der Waals surface area contributed by atoms with Gasteiger partial charge in [0.2, 0.25) is 5.91 Å². The number of amides is 1. The van der Waals surface area contributed by atoms with Gasteiger partial charge < -0.3 is 9.64 Å². The summed E-state index contributed by atoms with van der Waals surface area (Å²) in [5.41, 5.74) is 0.943. The van der Waals surface area contributed by atoms with Gasteiger partial charge in [0.1, 0.15) is 5.75 Å². The molecule has 2 fully saturated rings. The monoisotopic (exact) mass is 380 g/mol. The predicted octanol–water partition coefficient (Wildman–Crippen LogP) is 4.29. The number of ether oxygens (including phenoxy) is 1. The predicted molar refractivity (Wildman–Crippen MR) is 101 cm³/mol. The topological polar surface area (TPSA) is 32.8 Å². The van der Waals surface area contributed by atoms with Crippen LogP contribution in [0.2, 0.25) is 0 Å². The zero-order chi connectivity index (χ0) is 19.4. The van der Waals surface area contributed by atoms with Crippen LogP contribution in [0.5, 0.6) is 5.75 Å². The molecule has 1 aromatic carbocycles. The van der Waals surface area contributed by atoms with Crippen LogP contribution >= 0.6 is 0 Å². The molecule has 1 saturated carbocycles. The number of nitrogens with zero attached hydrogens (tertiary/aromatic N) is 2. The maximum Gasteiger partial charge on any atom is 0.387 e. The molecule has 4 nitrogen and oxygen atoms in total. The highest BCUT2D eigenvalue weighted by atomic mass is 19.3. The maximum absolute atomic E-state index is 12.7. The zero-order valence-corrected chi connectivity index (χ0v) is 16.2. The molecule has 3 rings (SSSR count). The Morgan fingerprint density at radius 2 is 1.93 bits per heavy atom. The van der Waals surface area contributed by atoms with Crippen LogP contribution in [-0.2, 0) is 11.3 Å². The summed E-state index contributed by atoms with van der Waals surface area (Å²) in [7, 11) is 0. The molecule has 6 heteroatoms. The Morgan fingerprint density at radius 3 is 2.63 bits per heavy atom. The quantitative estimate of drug-likeness (QED) is 0.738. The molecule has 1 aromatic rings. The molecule has 0 aromatic heterocycles. The number of carbonyl (C=O) groups excluding carboxylic acids is 1. The number of hydrogen-bond donors (Lipinski definition) is 0. The number of alkyl halides is 2. The minimum absolute atomic E-state index is 0.146. The van der Waals surface area contributed by atoms with E-state index < -0.39 is 6.61 Å². The van der Waals surface area contributed by atoms with Gasteiger partial charge in [-0.3, -0.25) is 9.69 Å². The van der Waals surface area contributed by atoms with Crippen LogP contribution in [0.25, 0.3) is 0 Å². The van der Waals surface area contributed by atoms with Gasteiger partial charge in [0.15, 0.2) is 0 Å². The van der Waals surface area contributed by atoms with E-state index in [0.29, 0.717) is 18.9 Å². The Hall–Kier alpha value is -1.69. The van der Waals surface area contributed by atoms with Crippen molar-refractivity contribution in [1.29, 1.82) is 0 Å². The third-order valence-electron chi connectivity index (χ3n) is 6.16. The Bertz CT molecular complexity index is 634. The third-order valence-corrected chi connectivity index (χ3v) is 6.16. The lowest BCUT2D eigenvalue weighted by Gasteiger charge is -2.45. The van der Waals surface area contributed by atoms with Crippen LogP contribution in [0.4, 0.5) is 8.78 Å². The van der Waals surface area contributed by atoms with Gasteiger partial charge in [-0.1, -0.05) is 25.0 Å². The third kappa shape index (κ3) is 5.18. The van der Waals surface area contributed by atoms with Gasteiger partial charge in [0.25, 0.3) is 0 Å². The first-order valence-corrected chi connectivity index (χ1v) is 10.0. The van der Waals surface area contributed by atoms with Crippen molar-refractivity contribution in [3.05, 3.63) is 29.8 Å². The Balaban J connectivity index is 1.57. The summed E-state index contributed by atoms with van der Waals surface area (Å²) in [5.74, 6) is 1.04. The number of piperazine rings is 1. The first-order valence-electron chi connectivity index (χ1n) is 10.0. The first-order chi connectivity index (χ1) is 12.9. The van der Waals surface area contributed by atoms with E-state index in [-0.39, 0.29) is 23.7 Å². The van der Waals surface area contributed by atoms with Gasteiger partial charge in [0.05, 0.1) is 0 Å². The molecule has 2 atom stereocenters. The number of benzene rings is 1. The molecule has 0 bridgehead atoms. The van der Waals surface area contributed by atoms with Gasteiger partial charge in [-0.2, -0.15) is 8.78 Å². The molecule has 150 valence electrons. The van der Waals surface area contributed by atoms with E-state index in [4.69, 9.17) is 0 Å². The summed E-state index contributed by atoms with van der Waals surface area (Å²) < 4.78 is 29.3. The number of rotatable bonds is 6. The largest absolute Gasteiger partial charge is 0.435 e. The van der Waals surface area contributed by atoms with Crippen molar-refractivity contribution in [2.75, 3.05) is 13.1 Å². The standard InChI is InChI=1S/C21H30F2N2O2/c1-15-16(2)25(20(26)13-17-6-3-4-7-17)11-10-24(15)14-18-8-5-9-19(12-18)27-21(22)23/h5,8-9,12,15-17,21H,3-4,6-7,10-11,13-14H2,1-2H3/t15-,16+/m0/s1. The van der Waals surface area contributed by atoms with Gasteiger partial charge >= 0.3 is 6.61 Å². The lowest BCUT2D eigenvalue weighted by molar-refractivity contribution is -0.138. The molecular weight excluding hydrogens is 350 g/mol. The van der Waals surface area contributed by atoms with Gasteiger partial charge in [-0.05, 0) is 50.3 Å². The maximum atomic E-state index is 12.7. The Morgan fingerprint density at radius 1 is 1.19 bits per heavy atom. The van der Waals surface area contributed by atoms with Crippen LogP contribution in [0.15, 0.2) is 24.3 Å². The average molecular weight is 380 g/mol. The molecule has 0 radical (unpaired) electrons. The zero-order valence-electron chi connectivity index (χ0n) is 16.2. The van der Waals surface area contributed by atoms with E-state index in [1.807, 2.05) is 11.0 Å². The van der Waals surface area contributed by atoms with Crippen LogP contribution in [0.1, 0.15) is 51.5 Å². The molecule has 27 heavy (non-hydrogen) atoms. The summed E-state index contributed by atoms with van der Waals surface area (Å²) in [5, 5.41) is 0. The summed E-state index contributed by atoms with van der Waals surface area (Å²) >= 11 is 0. The van der Waals surface area contributed by atoms with Crippen LogP contribution in [0, 0.1) is 5.92 Å². The highest BCUT2D eigenvalue weighted by Crippen LogP contribution is 2.29. The lowest BCUT2D eigenvalue weighted by atomic mass is 9.99. The second-order valence-electron chi connectivity index (χ2n) is 7.92. The van der Waals surface area contributed by atoms with Crippen molar-refractivity contribution in [1.82, 2.24) is 9.80 Å². The molecule has 0 spiro atoms. The summed E-state index contributed by atoms with van der Waals surface area (Å²) in [6.07, 6.45) is 5.57. The molecule has 2 aliphatic rings. The lowest BCUT2D eigenvalue weighted by Crippen LogP contribution is -2.58. The smallest absolute Gasteiger partial charge is 0.387 e. The van der Waals surface area contributed by atoms with Crippen LogP contribution in [0.3, 0.4) is 0 Å². The molecule has 1 aliphatic carbocycles. The molecule has 0 N–H and O–H groups in total. The van der Waals surface area contributed by atoms with Crippen molar-refractivity contribution in [3.8, 4) is 5.75 Å². The van der Waals surface area contributed by atoms with Crippen molar-refractivity contribution in [3.63, 3.8) is 0 Å². The highest BCUT2D eigenvalue weighted by Gasteiger charge is 2.34. The van der Waals surface area contributed by atoms with E-state index in [1.54, 1.807) is 18.2 Å². The van der Waals surface area contributed by atoms with Crippen molar-refractivity contribution < 1.29 is 18.3 Å². The van der Waals surface area contributed by atoms with Gasteiger partial charge in [-0.25, -0.2) is 0 Å². The fourth-order valence-electron chi connectivity index (χ4n) is 4.42. The molecule has 1 heterocycles. The summed E-state index contributed by atoms with van der Waals surface area (Å²) in [6, 6.07) is 7.23. The van der Waals surface area contributed by atoms with Crippen molar-refractivity contribution in [2.45, 2.75) is 71.2 Å². The minimum atomic E-state index is -2.81. The first kappa shape index (κ1) is 20.1. The fraction of sp³-hybridized carbons (Fsp3) is 0.667. The molecular formula is C21H30F2N2O2. The van der Waals surface area contributed by atoms with E-state index in [0.717, 1.165) is 18.7 Å². The second-order valence-corrected chi connectivity index (χ2v) is 7.92. The van der Waals surface area contributed by atoms with Gasteiger partial charge in [0, 0.05) is 38.1 Å². The molecule has 1 amide bonds. The SMILES string of the molecule is C[C@@H]1[C@H](C)N(Cc2cccc(OC(F)F)c2)CCN1C(=O)CC1CCCC1. The fourth-order valence-corrected chi connectivity index (χ4v) is 4.42. The second kappa shape index (κ2) is 9.00. The normalized spacial score (nSPS) is 24.6. The number of halogens is 2. The highest BCUT2D eigenvalue weighted by molar-refractivity contribution is 5.77. The molecule has 0 unspecified atom stereocenters. The Kier molecular flexibility index (Phi) is 6.68. The Labute approximate surface area is 160 Å². The van der Waals surface area contributed by atoms with Crippen LogP contribution < -0.4 is 4.74 Å². The van der Waals surface area contributed by atoms with E-state index in [1.165, 1.54) is 25.7 Å². The number of carbonyl (C=O) groups is 1. The van der Waals surface area contributed by atoms with Crippen molar-refractivity contribution >= 4 is 5.91 Å². The molecule has 1 saturated heterocycles. The summed E-state index contributed by atoms with van der Waals surface area (Å²) in [6.45, 7) is 3.62. The van der Waals surface area contributed by atoms with E-state index in [2.05, 4.69) is 23.5 Å².